The maximum absolute atomic E-state index is 5.22. The van der Waals surface area contributed by atoms with Crippen LogP contribution >= 0.6 is 0 Å². The maximum Gasteiger partial charge on any atom is 0.484 e. The first-order chi connectivity index (χ1) is 13.7. The Morgan fingerprint density at radius 3 is 1.45 bits per heavy atom. The van der Waals surface area contributed by atoms with E-state index in [0.29, 0.717) is 19.8 Å². The van der Waals surface area contributed by atoms with Gasteiger partial charge in [0.1, 0.15) is 8.24 Å². The molecule has 0 amide bonds. The largest absolute Gasteiger partial charge is 0.484 e. The van der Waals surface area contributed by atoms with E-state index in [-0.39, 0.29) is 0 Å². The molecular formula is C23H47NO3Si2. The van der Waals surface area contributed by atoms with Crippen molar-refractivity contribution in [1.82, 2.24) is 4.57 Å². The summed E-state index contributed by atoms with van der Waals surface area (Å²) in [7, 11) is -0.868. The highest BCUT2D eigenvalue weighted by Crippen LogP contribution is 2.43. The van der Waals surface area contributed by atoms with Crippen LogP contribution in [0, 0.1) is 0 Å². The van der Waals surface area contributed by atoms with Crippen LogP contribution in [0.25, 0.3) is 0 Å². The van der Waals surface area contributed by atoms with Gasteiger partial charge in [0, 0.05) is 26.4 Å². The Balaban J connectivity index is 0.000000665. The zero-order chi connectivity index (χ0) is 22.4. The number of benzene rings is 1. The summed E-state index contributed by atoms with van der Waals surface area (Å²) in [5.41, 5.74) is 3.77. The van der Waals surface area contributed by atoms with Crippen molar-refractivity contribution >= 4 is 17.8 Å². The van der Waals surface area contributed by atoms with Crippen LogP contribution in [0.15, 0.2) is 30.3 Å². The highest BCUT2D eigenvalue weighted by atomic mass is 28.3. The van der Waals surface area contributed by atoms with E-state index in [1.165, 1.54) is 5.56 Å². The molecule has 0 bridgehead atoms. The zero-order valence-corrected chi connectivity index (χ0v) is 22.9. The Morgan fingerprint density at radius 1 is 0.759 bits per heavy atom. The van der Waals surface area contributed by atoms with Gasteiger partial charge in [-0.25, -0.2) is 0 Å². The van der Waals surface area contributed by atoms with E-state index >= 15 is 0 Å². The topological polar surface area (TPSA) is 30.9 Å². The van der Waals surface area contributed by atoms with E-state index in [4.69, 9.17) is 13.3 Å². The van der Waals surface area contributed by atoms with E-state index in [9.17, 15) is 0 Å². The minimum Gasteiger partial charge on any atom is -0.376 e. The van der Waals surface area contributed by atoms with Gasteiger partial charge >= 0.3 is 9.53 Å². The van der Waals surface area contributed by atoms with Crippen LogP contribution in [0.3, 0.4) is 0 Å². The van der Waals surface area contributed by atoms with Gasteiger partial charge in [0.2, 0.25) is 0 Å². The summed E-state index contributed by atoms with van der Waals surface area (Å²) in [4.78, 5) is 0. The van der Waals surface area contributed by atoms with Crippen molar-refractivity contribution in [3.8, 4) is 0 Å². The molecule has 0 saturated carbocycles. The van der Waals surface area contributed by atoms with Crippen LogP contribution in [0.4, 0.5) is 0 Å². The van der Waals surface area contributed by atoms with Gasteiger partial charge in [-0.3, -0.25) is 0 Å². The molecule has 1 aromatic carbocycles. The predicted molar refractivity (Wildman–Crippen MR) is 131 cm³/mol. The standard InChI is InChI=1S/C17H31NSi.C6H16O3Si/c1-14(2)19(15(3)4,16(5)6)18(7)13-17-11-9-8-10-12-17;1-4-7-10(8-5-2)9-6-3/h8-12,14-16H,13H2,1-7H3;10H,4-6H2,1-3H3. The van der Waals surface area contributed by atoms with Gasteiger partial charge in [-0.2, -0.15) is 0 Å². The summed E-state index contributed by atoms with van der Waals surface area (Å²) >= 11 is 0. The van der Waals surface area contributed by atoms with Crippen LogP contribution in [-0.2, 0) is 19.8 Å². The molecule has 0 heterocycles. The van der Waals surface area contributed by atoms with Crippen LogP contribution in [0.2, 0.25) is 16.6 Å². The second-order valence-corrected chi connectivity index (χ2v) is 15.9. The molecule has 0 saturated heterocycles. The van der Waals surface area contributed by atoms with Gasteiger partial charge in [0.15, 0.2) is 0 Å². The molecule has 0 spiro atoms. The Hall–Kier alpha value is -0.506. The molecule has 170 valence electrons. The summed E-state index contributed by atoms with van der Waals surface area (Å²) in [6, 6.07) is 10.9. The average molecular weight is 442 g/mol. The quantitative estimate of drug-likeness (QED) is 0.366. The second kappa shape index (κ2) is 15.3. The van der Waals surface area contributed by atoms with E-state index in [1.54, 1.807) is 0 Å². The van der Waals surface area contributed by atoms with Crippen molar-refractivity contribution in [2.45, 2.75) is 85.5 Å². The van der Waals surface area contributed by atoms with E-state index in [1.807, 2.05) is 20.8 Å². The minimum absolute atomic E-state index is 0.677. The molecule has 4 nitrogen and oxygen atoms in total. The van der Waals surface area contributed by atoms with Gasteiger partial charge in [0.05, 0.1) is 0 Å². The molecule has 0 aromatic heterocycles. The van der Waals surface area contributed by atoms with Crippen molar-refractivity contribution < 1.29 is 13.3 Å². The maximum atomic E-state index is 5.22. The fourth-order valence-corrected chi connectivity index (χ4v) is 13.1. The first-order valence-corrected chi connectivity index (χ1v) is 14.9. The third kappa shape index (κ3) is 9.03. The minimum atomic E-state index is -1.73. The van der Waals surface area contributed by atoms with E-state index in [0.717, 1.165) is 23.2 Å². The first-order valence-electron chi connectivity index (χ1n) is 11.3. The molecule has 0 N–H and O–H groups in total. The fraction of sp³-hybridized carbons (Fsp3) is 0.739. The summed E-state index contributed by atoms with van der Waals surface area (Å²) in [6.07, 6.45) is 0. The van der Waals surface area contributed by atoms with Gasteiger partial charge in [0.25, 0.3) is 0 Å². The average Bonchev–Trinajstić information content (AvgIpc) is 2.63. The van der Waals surface area contributed by atoms with E-state index in [2.05, 4.69) is 83.5 Å². The monoisotopic (exact) mass is 441 g/mol. The molecule has 0 aliphatic heterocycles. The Bertz CT molecular complexity index is 476. The number of hydrogen-bond acceptors (Lipinski definition) is 4. The zero-order valence-electron chi connectivity index (χ0n) is 20.7. The van der Waals surface area contributed by atoms with Crippen molar-refractivity contribution in [3.63, 3.8) is 0 Å². The Kier molecular flexibility index (Phi) is 15.1. The van der Waals surface area contributed by atoms with Crippen LogP contribution < -0.4 is 0 Å². The molecule has 0 atom stereocenters. The number of nitrogens with zero attached hydrogens (tertiary/aromatic N) is 1. The third-order valence-corrected chi connectivity index (χ3v) is 14.5. The number of rotatable bonds is 12. The summed E-state index contributed by atoms with van der Waals surface area (Å²) in [6.45, 7) is 23.5. The lowest BCUT2D eigenvalue weighted by Gasteiger charge is -2.49. The molecule has 0 unspecified atom stereocenters. The summed E-state index contributed by atoms with van der Waals surface area (Å²) in [5, 5.41) is 0. The second-order valence-electron chi connectivity index (χ2n) is 8.35. The van der Waals surface area contributed by atoms with Crippen LogP contribution in [-0.4, -0.2) is 49.2 Å². The smallest absolute Gasteiger partial charge is 0.376 e. The van der Waals surface area contributed by atoms with Crippen molar-refractivity contribution in [2.75, 3.05) is 26.9 Å². The Morgan fingerprint density at radius 2 is 1.14 bits per heavy atom. The first kappa shape index (κ1) is 28.5. The third-order valence-electron chi connectivity index (χ3n) is 5.61. The summed E-state index contributed by atoms with van der Waals surface area (Å²) < 4.78 is 18.4. The molecule has 29 heavy (non-hydrogen) atoms. The van der Waals surface area contributed by atoms with Crippen molar-refractivity contribution in [1.29, 1.82) is 0 Å². The van der Waals surface area contributed by atoms with Gasteiger partial charge in [-0.1, -0.05) is 71.9 Å². The molecule has 0 fully saturated rings. The highest BCUT2D eigenvalue weighted by Gasteiger charge is 2.46. The summed E-state index contributed by atoms with van der Waals surface area (Å²) in [5.74, 6) is 0. The Labute approximate surface area is 184 Å². The lowest BCUT2D eigenvalue weighted by atomic mass is 10.2. The normalized spacial score (nSPS) is 12.2. The molecule has 6 heteroatoms. The molecule has 1 aromatic rings. The van der Waals surface area contributed by atoms with Gasteiger partial charge in [-0.05, 0) is 50.0 Å². The van der Waals surface area contributed by atoms with Gasteiger partial charge in [-0.15, -0.1) is 0 Å². The molecular weight excluding hydrogens is 394 g/mol. The van der Waals surface area contributed by atoms with Crippen LogP contribution in [0.5, 0.6) is 0 Å². The lowest BCUT2D eigenvalue weighted by Crippen LogP contribution is -2.58. The van der Waals surface area contributed by atoms with Crippen molar-refractivity contribution in [3.05, 3.63) is 35.9 Å². The fourth-order valence-electron chi connectivity index (χ4n) is 4.87. The molecule has 1 rings (SSSR count). The van der Waals surface area contributed by atoms with Crippen LogP contribution in [0.1, 0.15) is 67.9 Å². The molecule has 0 aliphatic rings. The SMILES string of the molecule is CC(C)[Si](C(C)C)(C(C)C)N(C)Cc1ccccc1.CCO[SiH](OCC)OCC. The lowest BCUT2D eigenvalue weighted by molar-refractivity contribution is 0.107. The van der Waals surface area contributed by atoms with Crippen molar-refractivity contribution in [2.24, 2.45) is 0 Å². The molecule has 0 aliphatic carbocycles. The predicted octanol–water partition coefficient (Wildman–Crippen LogP) is 6.11. The number of hydrogen-bond donors (Lipinski definition) is 0. The highest BCUT2D eigenvalue weighted by molar-refractivity contribution is 6.80. The molecule has 0 radical (unpaired) electrons. The van der Waals surface area contributed by atoms with E-state index < -0.39 is 17.8 Å². The van der Waals surface area contributed by atoms with Gasteiger partial charge < -0.3 is 17.8 Å².